The Morgan fingerprint density at radius 2 is 1.81 bits per heavy atom. The molecule has 4 nitrogen and oxygen atoms in total. The van der Waals surface area contributed by atoms with Crippen molar-refractivity contribution >= 4 is 0 Å². The molecule has 0 radical (unpaired) electrons. The Morgan fingerprint density at radius 3 is 2.52 bits per heavy atom. The highest BCUT2D eigenvalue weighted by Gasteiger charge is 2.15. The maximum atomic E-state index is 13.1. The number of para-hydroxylation sites is 1. The summed E-state index contributed by atoms with van der Waals surface area (Å²) >= 11 is 0. The highest BCUT2D eigenvalue weighted by molar-refractivity contribution is 5.31. The number of benzene rings is 2. The molecule has 1 aromatic heterocycles. The third-order valence-corrected chi connectivity index (χ3v) is 4.27. The van der Waals surface area contributed by atoms with Gasteiger partial charge in [0.2, 0.25) is 0 Å². The van der Waals surface area contributed by atoms with Crippen molar-refractivity contribution in [3.8, 4) is 5.75 Å². The van der Waals surface area contributed by atoms with Crippen molar-refractivity contribution in [3.63, 3.8) is 0 Å². The van der Waals surface area contributed by atoms with Gasteiger partial charge < -0.3 is 14.3 Å². The largest absolute Gasteiger partial charge is 0.491 e. The molecular weight excluding hydrogens is 345 g/mol. The molecule has 0 saturated heterocycles. The van der Waals surface area contributed by atoms with Crippen molar-refractivity contribution in [1.29, 1.82) is 0 Å². The maximum absolute atomic E-state index is 13.1. The molecule has 0 aliphatic heterocycles. The maximum Gasteiger partial charge on any atom is 0.123 e. The molecule has 0 spiro atoms. The predicted octanol–water partition coefficient (Wildman–Crippen LogP) is 4.17. The van der Waals surface area contributed by atoms with E-state index in [0.29, 0.717) is 19.6 Å². The third kappa shape index (κ3) is 5.94. The summed E-state index contributed by atoms with van der Waals surface area (Å²) in [6.45, 7) is 3.69. The zero-order chi connectivity index (χ0) is 19.1. The first-order valence-electron chi connectivity index (χ1n) is 8.96. The molecular formula is C22H24FNO3. The summed E-state index contributed by atoms with van der Waals surface area (Å²) in [6, 6.07) is 17.8. The van der Waals surface area contributed by atoms with Crippen LogP contribution < -0.4 is 4.74 Å². The van der Waals surface area contributed by atoms with Crippen LogP contribution in [0.5, 0.6) is 5.75 Å². The highest BCUT2D eigenvalue weighted by atomic mass is 19.1. The van der Waals surface area contributed by atoms with Gasteiger partial charge >= 0.3 is 0 Å². The molecule has 1 heterocycles. The van der Waals surface area contributed by atoms with E-state index in [1.807, 2.05) is 43.3 Å². The van der Waals surface area contributed by atoms with Crippen LogP contribution in [0.1, 0.15) is 16.9 Å². The zero-order valence-corrected chi connectivity index (χ0v) is 15.3. The van der Waals surface area contributed by atoms with Gasteiger partial charge in [0.1, 0.15) is 30.0 Å². The summed E-state index contributed by atoms with van der Waals surface area (Å²) in [5.41, 5.74) is 2.00. The molecule has 0 amide bonds. The molecule has 142 valence electrons. The van der Waals surface area contributed by atoms with Crippen LogP contribution in [0.25, 0.3) is 0 Å². The first-order valence-corrected chi connectivity index (χ1v) is 8.96. The minimum atomic E-state index is -0.667. The van der Waals surface area contributed by atoms with E-state index in [1.54, 1.807) is 18.4 Å². The molecule has 0 aliphatic carbocycles. The molecule has 5 heteroatoms. The summed E-state index contributed by atoms with van der Waals surface area (Å²) < 4.78 is 24.3. The summed E-state index contributed by atoms with van der Waals surface area (Å²) in [5.74, 6) is 1.32. The van der Waals surface area contributed by atoms with Crippen molar-refractivity contribution in [2.75, 3.05) is 13.2 Å². The van der Waals surface area contributed by atoms with E-state index in [9.17, 15) is 9.50 Å². The summed E-state index contributed by atoms with van der Waals surface area (Å²) in [5, 5.41) is 10.5. The Bertz CT molecular complexity index is 818. The highest BCUT2D eigenvalue weighted by Crippen LogP contribution is 2.17. The van der Waals surface area contributed by atoms with Gasteiger partial charge in [0, 0.05) is 13.1 Å². The smallest absolute Gasteiger partial charge is 0.123 e. The van der Waals surface area contributed by atoms with Gasteiger partial charge in [-0.25, -0.2) is 4.39 Å². The molecule has 2 aromatic carbocycles. The van der Waals surface area contributed by atoms with Gasteiger partial charge in [-0.3, -0.25) is 4.90 Å². The minimum Gasteiger partial charge on any atom is -0.491 e. The SMILES string of the molecule is Cc1ccccc1OC[C@@H](O)CN(Cc1ccc(F)cc1)Cc1ccco1. The van der Waals surface area contributed by atoms with E-state index in [-0.39, 0.29) is 12.4 Å². The molecule has 0 saturated carbocycles. The predicted molar refractivity (Wildman–Crippen MR) is 102 cm³/mol. The molecule has 0 fully saturated rings. The van der Waals surface area contributed by atoms with E-state index in [1.165, 1.54) is 12.1 Å². The zero-order valence-electron chi connectivity index (χ0n) is 15.3. The normalized spacial score (nSPS) is 12.3. The minimum absolute atomic E-state index is 0.197. The fourth-order valence-electron chi connectivity index (χ4n) is 2.91. The van der Waals surface area contributed by atoms with Gasteiger partial charge in [-0.2, -0.15) is 0 Å². The number of halogens is 1. The van der Waals surface area contributed by atoms with Crippen LogP contribution in [-0.2, 0) is 13.1 Å². The monoisotopic (exact) mass is 369 g/mol. The fraction of sp³-hybridized carbons (Fsp3) is 0.273. The second kappa shape index (κ2) is 9.35. The molecule has 27 heavy (non-hydrogen) atoms. The lowest BCUT2D eigenvalue weighted by molar-refractivity contribution is 0.0602. The van der Waals surface area contributed by atoms with Crippen molar-refractivity contribution < 1.29 is 18.7 Å². The lowest BCUT2D eigenvalue weighted by Crippen LogP contribution is -2.35. The van der Waals surface area contributed by atoms with Crippen LogP contribution >= 0.6 is 0 Å². The number of aliphatic hydroxyl groups excluding tert-OH is 1. The van der Waals surface area contributed by atoms with Crippen LogP contribution in [0, 0.1) is 12.7 Å². The average molecular weight is 369 g/mol. The molecule has 1 atom stereocenters. The number of aliphatic hydroxyl groups is 1. The number of aryl methyl sites for hydroxylation is 1. The Hall–Kier alpha value is -2.63. The van der Waals surface area contributed by atoms with E-state index in [0.717, 1.165) is 22.6 Å². The number of rotatable bonds is 9. The van der Waals surface area contributed by atoms with E-state index < -0.39 is 6.10 Å². The number of hydrogen-bond donors (Lipinski definition) is 1. The molecule has 3 rings (SSSR count). The Labute approximate surface area is 158 Å². The first-order chi connectivity index (χ1) is 13.1. The van der Waals surface area contributed by atoms with Crippen molar-refractivity contribution in [1.82, 2.24) is 4.90 Å². The van der Waals surface area contributed by atoms with E-state index in [4.69, 9.17) is 9.15 Å². The van der Waals surface area contributed by atoms with Gasteiger partial charge in [0.05, 0.1) is 12.8 Å². The van der Waals surface area contributed by atoms with Crippen LogP contribution in [0.4, 0.5) is 4.39 Å². The molecule has 3 aromatic rings. The average Bonchev–Trinajstić information content (AvgIpc) is 3.16. The van der Waals surface area contributed by atoms with Gasteiger partial charge in [-0.15, -0.1) is 0 Å². The van der Waals surface area contributed by atoms with Crippen LogP contribution in [-0.4, -0.2) is 29.3 Å². The van der Waals surface area contributed by atoms with Gasteiger partial charge in [-0.1, -0.05) is 30.3 Å². The van der Waals surface area contributed by atoms with Crippen molar-refractivity contribution in [2.45, 2.75) is 26.1 Å². The van der Waals surface area contributed by atoms with Crippen LogP contribution in [0.15, 0.2) is 71.3 Å². The first kappa shape index (κ1) is 19.1. The van der Waals surface area contributed by atoms with Crippen molar-refractivity contribution in [3.05, 3.63) is 89.6 Å². The van der Waals surface area contributed by atoms with Crippen LogP contribution in [0.3, 0.4) is 0 Å². The van der Waals surface area contributed by atoms with Gasteiger partial charge in [0.25, 0.3) is 0 Å². The van der Waals surface area contributed by atoms with Gasteiger partial charge in [0.15, 0.2) is 0 Å². The molecule has 0 unspecified atom stereocenters. The second-order valence-corrected chi connectivity index (χ2v) is 6.61. The quantitative estimate of drug-likeness (QED) is 0.615. The van der Waals surface area contributed by atoms with E-state index >= 15 is 0 Å². The molecule has 1 N–H and O–H groups in total. The summed E-state index contributed by atoms with van der Waals surface area (Å²) in [4.78, 5) is 2.05. The number of furan rings is 1. The lowest BCUT2D eigenvalue weighted by atomic mass is 10.2. The number of ether oxygens (including phenoxy) is 1. The topological polar surface area (TPSA) is 45.8 Å². The number of nitrogens with zero attached hydrogens (tertiary/aromatic N) is 1. The second-order valence-electron chi connectivity index (χ2n) is 6.61. The van der Waals surface area contributed by atoms with Crippen LogP contribution in [0.2, 0.25) is 0 Å². The number of hydrogen-bond acceptors (Lipinski definition) is 4. The lowest BCUT2D eigenvalue weighted by Gasteiger charge is -2.24. The third-order valence-electron chi connectivity index (χ3n) is 4.27. The Morgan fingerprint density at radius 1 is 1.04 bits per heavy atom. The standard InChI is InChI=1S/C22H24FNO3/c1-17-5-2-3-7-22(17)27-16-20(25)14-24(15-21-6-4-12-26-21)13-18-8-10-19(23)11-9-18/h2-12,20,25H,13-16H2,1H3/t20-/m0/s1. The van der Waals surface area contributed by atoms with E-state index in [2.05, 4.69) is 4.90 Å². The fourth-order valence-corrected chi connectivity index (χ4v) is 2.91. The molecule has 0 aliphatic rings. The Kier molecular flexibility index (Phi) is 6.63. The van der Waals surface area contributed by atoms with Gasteiger partial charge in [-0.05, 0) is 48.4 Å². The van der Waals surface area contributed by atoms with Crippen molar-refractivity contribution in [2.24, 2.45) is 0 Å². The summed E-state index contributed by atoms with van der Waals surface area (Å²) in [7, 11) is 0. The summed E-state index contributed by atoms with van der Waals surface area (Å²) in [6.07, 6.45) is 0.961. The molecule has 0 bridgehead atoms. The Balaban J connectivity index is 1.61.